The summed E-state index contributed by atoms with van der Waals surface area (Å²) in [6.07, 6.45) is 3.36. The van der Waals surface area contributed by atoms with Gasteiger partial charge in [0.05, 0.1) is 11.6 Å². The molecule has 102 valence electrons. The van der Waals surface area contributed by atoms with Crippen molar-refractivity contribution in [2.45, 2.75) is 25.4 Å². The van der Waals surface area contributed by atoms with Crippen LogP contribution in [-0.4, -0.2) is 21.4 Å². The number of hydrogen-bond acceptors (Lipinski definition) is 4. The van der Waals surface area contributed by atoms with Crippen LogP contribution >= 0.6 is 0 Å². The molecule has 0 radical (unpaired) electrons. The van der Waals surface area contributed by atoms with Gasteiger partial charge in [0.15, 0.2) is 0 Å². The van der Waals surface area contributed by atoms with Gasteiger partial charge in [-0.25, -0.2) is 0 Å². The summed E-state index contributed by atoms with van der Waals surface area (Å²) in [7, 11) is 0. The molecule has 0 N–H and O–H groups in total. The molecule has 0 saturated carbocycles. The van der Waals surface area contributed by atoms with Crippen LogP contribution in [0.5, 0.6) is 0 Å². The van der Waals surface area contributed by atoms with E-state index in [1.807, 2.05) is 56.3 Å². The highest BCUT2D eigenvalue weighted by molar-refractivity contribution is 6.00. The number of nitrogens with zero attached hydrogens (tertiary/aromatic N) is 3. The van der Waals surface area contributed by atoms with Crippen LogP contribution in [0.25, 0.3) is 0 Å². The molecule has 1 aromatic heterocycles. The minimum absolute atomic E-state index is 0.307. The normalized spacial score (nSPS) is 20.9. The fourth-order valence-electron chi connectivity index (χ4n) is 2.66. The maximum absolute atomic E-state index is 12.7. The van der Waals surface area contributed by atoms with E-state index in [-0.39, 0.29) is 6.04 Å². The van der Waals surface area contributed by atoms with E-state index in [9.17, 15) is 5.21 Å². The van der Waals surface area contributed by atoms with Gasteiger partial charge in [-0.3, -0.25) is 9.98 Å². The molecule has 20 heavy (non-hydrogen) atoms. The van der Waals surface area contributed by atoms with E-state index in [0.29, 0.717) is 5.84 Å². The van der Waals surface area contributed by atoms with Crippen molar-refractivity contribution >= 4 is 5.84 Å². The Labute approximate surface area is 118 Å². The number of amidine groups is 1. The quantitative estimate of drug-likeness (QED) is 0.839. The maximum Gasteiger partial charge on any atom is 0.122 e. The summed E-state index contributed by atoms with van der Waals surface area (Å²) in [5.74, 6) is 0.456. The highest BCUT2D eigenvalue weighted by atomic mass is 16.5. The summed E-state index contributed by atoms with van der Waals surface area (Å²) < 4.78 is 0. The van der Waals surface area contributed by atoms with Crippen LogP contribution in [0.15, 0.2) is 59.9 Å². The van der Waals surface area contributed by atoms with E-state index in [2.05, 4.69) is 9.98 Å². The Morgan fingerprint density at radius 3 is 2.50 bits per heavy atom. The predicted octanol–water partition coefficient (Wildman–Crippen LogP) is 3.16. The van der Waals surface area contributed by atoms with E-state index >= 15 is 0 Å². The average Bonchev–Trinajstić information content (AvgIpc) is 2.71. The zero-order valence-electron chi connectivity index (χ0n) is 11.5. The van der Waals surface area contributed by atoms with Gasteiger partial charge in [0.1, 0.15) is 5.84 Å². The third kappa shape index (κ3) is 2.08. The molecule has 0 amide bonds. The van der Waals surface area contributed by atoms with Crippen LogP contribution in [0.3, 0.4) is 0 Å². The first-order chi connectivity index (χ1) is 9.59. The van der Waals surface area contributed by atoms with Crippen molar-refractivity contribution in [3.05, 3.63) is 71.2 Å². The highest BCUT2D eigenvalue weighted by Gasteiger charge is 2.39. The lowest BCUT2D eigenvalue weighted by molar-refractivity contribution is 0.318. The van der Waals surface area contributed by atoms with Gasteiger partial charge in [0, 0.05) is 18.0 Å². The molecule has 0 spiro atoms. The second kappa shape index (κ2) is 4.72. The first-order valence-electron chi connectivity index (χ1n) is 6.61. The molecule has 1 aliphatic heterocycles. The number of benzene rings is 1. The van der Waals surface area contributed by atoms with Gasteiger partial charge >= 0.3 is 0 Å². The molecule has 0 saturated heterocycles. The van der Waals surface area contributed by atoms with Gasteiger partial charge in [-0.15, -0.1) is 0 Å². The molecule has 1 aliphatic rings. The lowest BCUT2D eigenvalue weighted by Crippen LogP contribution is -2.33. The van der Waals surface area contributed by atoms with Crippen molar-refractivity contribution in [1.82, 2.24) is 10.0 Å². The molecule has 0 bridgehead atoms. The van der Waals surface area contributed by atoms with Gasteiger partial charge in [-0.2, -0.15) is 0 Å². The summed E-state index contributed by atoms with van der Waals surface area (Å²) >= 11 is 0. The van der Waals surface area contributed by atoms with Crippen LogP contribution in [0.1, 0.15) is 31.0 Å². The zero-order chi connectivity index (χ0) is 14.2. The first kappa shape index (κ1) is 12.8. The molecule has 1 atom stereocenters. The summed E-state index contributed by atoms with van der Waals surface area (Å²) in [6.45, 7) is 3.97. The fraction of sp³-hybridized carbons (Fsp3) is 0.250. The minimum Gasteiger partial charge on any atom is -0.757 e. The topological polar surface area (TPSA) is 51.5 Å². The monoisotopic (exact) mass is 266 g/mol. The molecule has 4 heteroatoms. The van der Waals surface area contributed by atoms with Gasteiger partial charge in [0.25, 0.3) is 0 Å². The molecule has 1 aromatic carbocycles. The van der Waals surface area contributed by atoms with Gasteiger partial charge in [-0.1, -0.05) is 30.3 Å². The molecule has 2 aromatic rings. The second-order valence-corrected chi connectivity index (χ2v) is 5.47. The summed E-state index contributed by atoms with van der Waals surface area (Å²) in [4.78, 5) is 8.68. The molecular weight excluding hydrogens is 250 g/mol. The van der Waals surface area contributed by atoms with Crippen molar-refractivity contribution in [1.29, 1.82) is 0 Å². The Morgan fingerprint density at radius 1 is 1.10 bits per heavy atom. The van der Waals surface area contributed by atoms with Gasteiger partial charge in [0.2, 0.25) is 0 Å². The summed E-state index contributed by atoms with van der Waals surface area (Å²) in [5.41, 5.74) is 1.28. The number of rotatable bonds is 2. The Kier molecular flexibility index (Phi) is 3.03. The standard InChI is InChI=1S/C16H16N3O/c1-16(2)14(12-7-4-3-5-8-12)19(20)15(18-16)13-9-6-10-17-11-13/h3-11,14H,1-2H3/q-1. The third-order valence-electron chi connectivity index (χ3n) is 3.54. The van der Waals surface area contributed by atoms with Gasteiger partial charge < -0.3 is 10.3 Å². The van der Waals surface area contributed by atoms with Crippen molar-refractivity contribution in [3.8, 4) is 0 Å². The smallest absolute Gasteiger partial charge is 0.122 e. The highest BCUT2D eigenvalue weighted by Crippen LogP contribution is 2.40. The first-order valence-corrected chi connectivity index (χ1v) is 6.61. The van der Waals surface area contributed by atoms with Crippen LogP contribution < -0.4 is 0 Å². The number of pyridine rings is 1. The fourth-order valence-corrected chi connectivity index (χ4v) is 2.66. The number of hydroxylamine groups is 2. The second-order valence-electron chi connectivity index (χ2n) is 5.47. The van der Waals surface area contributed by atoms with Crippen LogP contribution in [0.2, 0.25) is 0 Å². The number of hydrogen-bond donors (Lipinski definition) is 0. The van der Waals surface area contributed by atoms with Crippen molar-refractivity contribution < 1.29 is 0 Å². The molecular formula is C16H16N3O-. The van der Waals surface area contributed by atoms with Crippen molar-refractivity contribution in [2.75, 3.05) is 0 Å². The van der Waals surface area contributed by atoms with Crippen molar-refractivity contribution in [2.24, 2.45) is 4.99 Å². The Hall–Kier alpha value is -2.20. The molecule has 0 aliphatic carbocycles. The van der Waals surface area contributed by atoms with E-state index < -0.39 is 5.54 Å². The Balaban J connectivity index is 2.02. The van der Waals surface area contributed by atoms with E-state index in [1.165, 1.54) is 0 Å². The zero-order valence-corrected chi connectivity index (χ0v) is 11.5. The van der Waals surface area contributed by atoms with Crippen LogP contribution in [0, 0.1) is 5.21 Å². The third-order valence-corrected chi connectivity index (χ3v) is 3.54. The molecule has 0 fully saturated rings. The summed E-state index contributed by atoms with van der Waals surface area (Å²) in [6, 6.07) is 13.2. The van der Waals surface area contributed by atoms with Crippen molar-refractivity contribution in [3.63, 3.8) is 0 Å². The Morgan fingerprint density at radius 2 is 1.85 bits per heavy atom. The van der Waals surface area contributed by atoms with E-state index in [4.69, 9.17) is 0 Å². The van der Waals surface area contributed by atoms with E-state index in [0.717, 1.165) is 16.2 Å². The average molecular weight is 266 g/mol. The van der Waals surface area contributed by atoms with Gasteiger partial charge in [-0.05, 0) is 31.5 Å². The Bertz CT molecular complexity index is 623. The molecule has 1 unspecified atom stereocenters. The SMILES string of the molecule is CC1(C)N=C(c2cccnc2)N([O-])C1c1ccccc1. The molecule has 2 heterocycles. The van der Waals surface area contributed by atoms with Crippen LogP contribution in [-0.2, 0) is 0 Å². The maximum atomic E-state index is 12.7. The minimum atomic E-state index is -0.464. The number of aromatic nitrogens is 1. The lowest BCUT2D eigenvalue weighted by Gasteiger charge is -2.38. The molecule has 3 rings (SSSR count). The predicted molar refractivity (Wildman–Crippen MR) is 79.2 cm³/mol. The van der Waals surface area contributed by atoms with E-state index in [1.54, 1.807) is 12.4 Å². The number of aliphatic imine (C=N–C) groups is 1. The summed E-state index contributed by atoms with van der Waals surface area (Å²) in [5, 5.41) is 13.7. The van der Waals surface area contributed by atoms with Crippen LogP contribution in [0.4, 0.5) is 0 Å². The molecule has 4 nitrogen and oxygen atoms in total. The largest absolute Gasteiger partial charge is 0.757 e. The lowest BCUT2D eigenvalue weighted by atomic mass is 9.90.